The number of aromatic carboxylic acids is 1. The van der Waals surface area contributed by atoms with Gasteiger partial charge in [0.2, 0.25) is 0 Å². The van der Waals surface area contributed by atoms with E-state index in [0.29, 0.717) is 90.2 Å². The molecular formula is C107H100BrClIN9O20S4. The average molecular weight is 2200 g/mol. The highest BCUT2D eigenvalue weighted by atomic mass is 127. The number of pyridine rings is 4. The second kappa shape index (κ2) is 51.2. The lowest BCUT2D eigenvalue weighted by atomic mass is 9.92. The number of rotatable bonds is 21. The normalized spacial score (nSPS) is 11.6. The van der Waals surface area contributed by atoms with Crippen molar-refractivity contribution in [2.75, 3.05) is 40.5 Å². The van der Waals surface area contributed by atoms with Crippen LogP contribution in [-0.4, -0.2) is 146 Å². The number of aromatic amines is 4. The molecule has 8 aromatic heterocycles. The molecular weight excluding hydrogens is 2100 g/mol. The number of nitrogens with zero attached hydrogens (tertiary/aromatic N) is 5. The van der Waals surface area contributed by atoms with E-state index in [1.54, 1.807) is 13.0 Å². The SMILES string of the molecule is CCOC(=O)c1c(Br)c2c(n1CCCN(C)C)-c1[nH]c(=O)c(-c3ccccc3)cc1CC2.CCOC(=O)c1c(Cl)c2c(n1Cc1ccc(C)cc1)-c1[nH]c(=O)c(-c3ccccc3)cc1CC2.CCOC(=O)c1c(I)c2c(n1Cc1ccc(C)cc1)-c1[nH]c(=O)c(-c3ccccc3)cc1CC2.Cc1ccc(Cn2c(C(=O)O)cc3c2-c2[nH]c(=O)c(-c4ccccc4)cc2CC3)cc1.O=S=O.O=S=O.O=S=O.O=S=O. The summed E-state index contributed by atoms with van der Waals surface area (Å²) in [5.74, 6) is -2.10. The summed E-state index contributed by atoms with van der Waals surface area (Å²) in [5.41, 5.74) is 28.5. The fraction of sp³-hybridized carbons (Fsp3) is 0.234. The third-order valence-corrected chi connectivity index (χ3v) is 26.9. The van der Waals surface area contributed by atoms with Crippen LogP contribution in [0.2, 0.25) is 5.02 Å². The number of hydrogen-bond donors (Lipinski definition) is 5. The standard InChI is InChI=1S/C28H25ClN2O3.C28H25IN2O3.C26H22N2O3.C25H28BrN3O3.4O2S/c2*1-3-34-28(33)26-23(29)21-14-13-20-15-22(19-7-5-4-6-8-19)27(32)30-24(20)25(21)31(26)16-18-11-9-17(2)10-12-18;1-16-7-9-17(10-8-16)15-28-22(26(30)31)14-20-12-11-19-13-21(18-5-3-2-4-6-18)25(29)27-23(19)24(20)28;1-4-32-25(31)23-20(26)18-12-11-17-15-19(16-9-6-5-7-10-16)24(30)27-21(17)22(18)29(23)14-8-13-28(2)3;4*1-3-2/h2*4-12,15H,3,13-14,16H2,1-2H3,(H,30,32);2-10,13-14H,11-12,15H2,1H3,(H,27,29)(H,30,31);5-7,9-10,15H,4,8,11-14H2,1-3H3,(H,27,30);;;;. The molecule has 0 aliphatic heterocycles. The molecule has 15 aromatic rings. The van der Waals surface area contributed by atoms with Crippen molar-refractivity contribution >= 4 is 120 Å². The molecule has 4 aliphatic carbocycles. The molecule has 7 aromatic carbocycles. The Hall–Kier alpha value is -13.9. The molecule has 36 heteroatoms. The van der Waals surface area contributed by atoms with Crippen LogP contribution in [0.1, 0.15) is 147 Å². The van der Waals surface area contributed by atoms with Crippen molar-refractivity contribution in [3.05, 3.63) is 380 Å². The van der Waals surface area contributed by atoms with Crippen molar-refractivity contribution in [1.29, 1.82) is 0 Å². The summed E-state index contributed by atoms with van der Waals surface area (Å²) in [4.78, 5) is 118. The lowest BCUT2D eigenvalue weighted by molar-refractivity contribution is 0.0503. The molecule has 0 fully saturated rings. The van der Waals surface area contributed by atoms with Crippen molar-refractivity contribution in [1.82, 2.24) is 43.1 Å². The van der Waals surface area contributed by atoms with Crippen molar-refractivity contribution in [2.24, 2.45) is 0 Å². The number of H-pyrrole nitrogens is 4. The first-order chi connectivity index (χ1) is 69.0. The van der Waals surface area contributed by atoms with Gasteiger partial charge < -0.3 is 62.4 Å². The highest BCUT2D eigenvalue weighted by molar-refractivity contribution is 14.1. The molecule has 0 saturated carbocycles. The number of esters is 3. The molecule has 19 rings (SSSR count). The van der Waals surface area contributed by atoms with Gasteiger partial charge in [-0.05, 0) is 272 Å². The molecule has 0 saturated heterocycles. The summed E-state index contributed by atoms with van der Waals surface area (Å²) in [6.45, 7) is 15.3. The van der Waals surface area contributed by atoms with E-state index in [-0.39, 0.29) is 46.5 Å². The van der Waals surface area contributed by atoms with Crippen LogP contribution in [0.5, 0.6) is 0 Å². The van der Waals surface area contributed by atoms with Crippen molar-refractivity contribution < 1.29 is 72.2 Å². The van der Waals surface area contributed by atoms with E-state index in [2.05, 4.69) is 94.5 Å². The lowest BCUT2D eigenvalue weighted by Crippen LogP contribution is -2.20. The van der Waals surface area contributed by atoms with Gasteiger partial charge in [-0.15, -0.1) is 0 Å². The molecule has 0 radical (unpaired) electrons. The van der Waals surface area contributed by atoms with E-state index in [9.17, 15) is 43.5 Å². The van der Waals surface area contributed by atoms with Gasteiger partial charge in [-0.1, -0.05) is 222 Å². The van der Waals surface area contributed by atoms with Crippen molar-refractivity contribution in [3.63, 3.8) is 0 Å². The Morgan fingerprint density at radius 3 is 1.03 bits per heavy atom. The number of carboxylic acids is 1. The van der Waals surface area contributed by atoms with Gasteiger partial charge in [0, 0.05) is 52.0 Å². The Bertz CT molecular complexity index is 7340. The van der Waals surface area contributed by atoms with Gasteiger partial charge in [0.1, 0.15) is 22.8 Å². The largest absolute Gasteiger partial charge is 0.477 e. The lowest BCUT2D eigenvalue weighted by Gasteiger charge is -2.21. The second-order valence-electron chi connectivity index (χ2n) is 33.7. The van der Waals surface area contributed by atoms with Gasteiger partial charge in [-0.3, -0.25) is 19.2 Å². The smallest absolute Gasteiger partial charge is 0.356 e. The van der Waals surface area contributed by atoms with Crippen LogP contribution in [0, 0.1) is 24.3 Å². The Morgan fingerprint density at radius 2 is 0.685 bits per heavy atom. The Labute approximate surface area is 864 Å². The van der Waals surface area contributed by atoms with Crippen LogP contribution in [0.15, 0.2) is 248 Å². The number of fused-ring (bicyclic) bond motifs is 12. The summed E-state index contributed by atoms with van der Waals surface area (Å²) in [5, 5.41) is 10.2. The molecule has 0 bridgehead atoms. The summed E-state index contributed by atoms with van der Waals surface area (Å²) in [6.07, 6.45) is 6.94. The van der Waals surface area contributed by atoms with E-state index >= 15 is 0 Å². The third kappa shape index (κ3) is 25.4. The zero-order valence-electron chi connectivity index (χ0n) is 79.1. The second-order valence-corrected chi connectivity index (χ2v) is 36.5. The minimum absolute atomic E-state index is 0.127. The molecule has 29 nitrogen and oxygen atoms in total. The Morgan fingerprint density at radius 1 is 0.392 bits per heavy atom. The van der Waals surface area contributed by atoms with Gasteiger partial charge in [0.15, 0.2) is 0 Å². The number of benzene rings is 7. The number of nitrogens with one attached hydrogen (secondary N) is 4. The maximum atomic E-state index is 13.2. The van der Waals surface area contributed by atoms with Crippen LogP contribution < -0.4 is 22.2 Å². The van der Waals surface area contributed by atoms with Crippen molar-refractivity contribution in [2.45, 2.75) is 126 Å². The number of carbonyl (C=O) groups excluding carboxylic acids is 3. The van der Waals surface area contributed by atoms with Crippen LogP contribution in [0.3, 0.4) is 0 Å². The molecule has 738 valence electrons. The number of halogens is 3. The fourth-order valence-corrected chi connectivity index (χ4v) is 20.3. The summed E-state index contributed by atoms with van der Waals surface area (Å²) < 4.78 is 91.9. The minimum Gasteiger partial charge on any atom is -0.477 e. The van der Waals surface area contributed by atoms with Crippen LogP contribution >= 0.6 is 50.1 Å². The number of aromatic nitrogens is 8. The van der Waals surface area contributed by atoms with Gasteiger partial charge >= 0.3 is 70.2 Å². The minimum atomic E-state index is -0.966. The van der Waals surface area contributed by atoms with Crippen molar-refractivity contribution in [3.8, 4) is 90.1 Å². The average Bonchev–Trinajstić information content (AvgIpc) is 1.60. The molecule has 0 unspecified atom stereocenters. The number of hydrogen-bond acceptors (Lipinski definition) is 20. The van der Waals surface area contributed by atoms with E-state index < -0.39 is 58.2 Å². The van der Waals surface area contributed by atoms with E-state index in [4.69, 9.17) is 59.5 Å². The van der Waals surface area contributed by atoms with Gasteiger partial charge in [-0.2, -0.15) is 33.7 Å². The van der Waals surface area contributed by atoms with Gasteiger partial charge in [0.25, 0.3) is 22.2 Å². The molecule has 0 spiro atoms. The summed E-state index contributed by atoms with van der Waals surface area (Å²) >= 11 is 9.72. The molecule has 4 aliphatic rings. The zero-order valence-corrected chi connectivity index (χ0v) is 86.9. The van der Waals surface area contributed by atoms with Crippen LogP contribution in [0.4, 0.5) is 0 Å². The Kier molecular flexibility index (Phi) is 38.6. The van der Waals surface area contributed by atoms with Gasteiger partial charge in [-0.25, -0.2) is 19.2 Å². The topological polar surface area (TPSA) is 407 Å². The first-order valence-corrected chi connectivity index (χ1v) is 50.4. The third-order valence-electron chi connectivity index (χ3n) is 24.4. The maximum absolute atomic E-state index is 13.2. The fourth-order valence-electron chi connectivity index (χ4n) is 18.1. The molecule has 8 heterocycles. The monoisotopic (exact) mass is 2200 g/mol. The molecule has 0 atom stereocenters. The van der Waals surface area contributed by atoms with Gasteiger partial charge in [0.05, 0.1) is 74.9 Å². The van der Waals surface area contributed by atoms with E-state index in [1.165, 1.54) is 5.56 Å². The first-order valence-electron chi connectivity index (χ1n) is 45.5. The predicted octanol–water partition coefficient (Wildman–Crippen LogP) is 18.0. The van der Waals surface area contributed by atoms with E-state index in [0.717, 1.165) is 206 Å². The number of aryl methyl sites for hydroxylation is 8. The summed E-state index contributed by atoms with van der Waals surface area (Å²) in [7, 11) is 4.07. The van der Waals surface area contributed by atoms with E-state index in [1.807, 2.05) is 254 Å². The Balaban J connectivity index is 0.000000164. The number of ether oxygens (including phenoxy) is 3. The predicted molar refractivity (Wildman–Crippen MR) is 563 cm³/mol. The number of carbonyl (C=O) groups is 4. The quantitative estimate of drug-likeness (QED) is 0.0253. The molecule has 143 heavy (non-hydrogen) atoms. The highest BCUT2D eigenvalue weighted by Crippen LogP contribution is 2.46. The molecule has 5 N–H and O–H groups in total. The zero-order chi connectivity index (χ0) is 103. The maximum Gasteiger partial charge on any atom is 0.356 e. The van der Waals surface area contributed by atoms with Crippen LogP contribution in [0.25, 0.3) is 90.1 Å². The highest BCUT2D eigenvalue weighted by Gasteiger charge is 2.37. The first kappa shape index (κ1) is 108. The number of carboxylic acid groups (broad SMARTS) is 1. The molecule has 0 amide bonds. The summed E-state index contributed by atoms with van der Waals surface area (Å²) in [6, 6.07) is 72.9. The van der Waals surface area contributed by atoms with Crippen LogP contribution in [-0.2, 0) is 138 Å².